The van der Waals surface area contributed by atoms with Gasteiger partial charge in [0.25, 0.3) is 0 Å². The van der Waals surface area contributed by atoms with Gasteiger partial charge in [-0.25, -0.2) is 4.79 Å². The Labute approximate surface area is 156 Å². The summed E-state index contributed by atoms with van der Waals surface area (Å²) >= 11 is 0. The first kappa shape index (κ1) is 21.5. The second-order valence-corrected chi connectivity index (χ2v) is 6.84. The molecule has 0 N–H and O–H groups in total. The van der Waals surface area contributed by atoms with Gasteiger partial charge in [-0.05, 0) is 42.5 Å². The molecule has 0 aliphatic carbocycles. The smallest absolute Gasteiger partial charge is 0.349 e. The van der Waals surface area contributed by atoms with Gasteiger partial charge in [-0.15, -0.1) is 12.4 Å². The topological polar surface area (TPSA) is 55.8 Å². The molecule has 0 unspecified atom stereocenters. The van der Waals surface area contributed by atoms with Gasteiger partial charge in [-0.3, -0.25) is 9.69 Å². The van der Waals surface area contributed by atoms with E-state index in [9.17, 15) is 9.59 Å². The largest absolute Gasteiger partial charge is 0.453 e. The Morgan fingerprint density at radius 2 is 1.60 bits per heavy atom. The van der Waals surface area contributed by atoms with Crippen LogP contribution in [-0.2, 0) is 14.3 Å². The SMILES string of the molecule is CC(C)c1cccc(C(C)C)c1OC(=O)COC(=O)CN1CCC1.Cl. The summed E-state index contributed by atoms with van der Waals surface area (Å²) in [5.74, 6) is 0.155. The fourth-order valence-corrected chi connectivity index (χ4v) is 2.65. The number of carbonyl (C=O) groups is 2. The van der Waals surface area contributed by atoms with E-state index in [1.165, 1.54) is 0 Å². The lowest BCUT2D eigenvalue weighted by molar-refractivity contribution is -0.155. The predicted octanol–water partition coefficient (Wildman–Crippen LogP) is 3.51. The summed E-state index contributed by atoms with van der Waals surface area (Å²) in [6, 6.07) is 5.92. The van der Waals surface area contributed by atoms with Gasteiger partial charge in [-0.1, -0.05) is 45.9 Å². The highest BCUT2D eigenvalue weighted by atomic mass is 35.5. The summed E-state index contributed by atoms with van der Waals surface area (Å²) in [5, 5.41) is 0. The fraction of sp³-hybridized carbons (Fsp3) is 0.579. The number of ether oxygens (including phenoxy) is 2. The molecule has 6 heteroatoms. The molecule has 0 spiro atoms. The molecule has 1 aliphatic heterocycles. The van der Waals surface area contributed by atoms with Crippen molar-refractivity contribution in [3.05, 3.63) is 29.3 Å². The van der Waals surface area contributed by atoms with Crippen molar-refractivity contribution in [1.82, 2.24) is 4.90 Å². The van der Waals surface area contributed by atoms with Crippen LogP contribution in [0.5, 0.6) is 5.75 Å². The Morgan fingerprint density at radius 3 is 2.04 bits per heavy atom. The summed E-state index contributed by atoms with van der Waals surface area (Å²) < 4.78 is 10.6. The van der Waals surface area contributed by atoms with E-state index >= 15 is 0 Å². The number of carbonyl (C=O) groups excluding carboxylic acids is 2. The molecule has 0 aromatic heterocycles. The predicted molar refractivity (Wildman–Crippen MR) is 99.5 cm³/mol. The fourth-order valence-electron chi connectivity index (χ4n) is 2.65. The van der Waals surface area contributed by atoms with Gasteiger partial charge < -0.3 is 9.47 Å². The number of hydrogen-bond donors (Lipinski definition) is 0. The zero-order chi connectivity index (χ0) is 17.7. The Kier molecular flexibility index (Phi) is 8.39. The molecule has 1 fully saturated rings. The molecule has 1 aliphatic rings. The number of halogens is 1. The van der Waals surface area contributed by atoms with Gasteiger partial charge in [0.05, 0.1) is 6.54 Å². The number of benzene rings is 1. The minimum Gasteiger partial charge on any atom is -0.453 e. The van der Waals surface area contributed by atoms with E-state index in [-0.39, 0.29) is 43.4 Å². The van der Waals surface area contributed by atoms with Crippen molar-refractivity contribution in [3.8, 4) is 5.75 Å². The summed E-state index contributed by atoms with van der Waals surface area (Å²) in [7, 11) is 0. The number of rotatable bonds is 7. The molecule has 0 amide bonds. The van der Waals surface area contributed by atoms with Crippen molar-refractivity contribution in [2.24, 2.45) is 0 Å². The average molecular weight is 370 g/mol. The summed E-state index contributed by atoms with van der Waals surface area (Å²) in [6.45, 7) is 9.96. The summed E-state index contributed by atoms with van der Waals surface area (Å²) in [6.07, 6.45) is 1.11. The highest BCUT2D eigenvalue weighted by Gasteiger charge is 2.21. The Bertz CT molecular complexity index is 571. The van der Waals surface area contributed by atoms with Crippen LogP contribution < -0.4 is 4.74 Å². The minimum absolute atomic E-state index is 0. The third-order valence-electron chi connectivity index (χ3n) is 4.19. The summed E-state index contributed by atoms with van der Waals surface area (Å²) in [4.78, 5) is 25.8. The van der Waals surface area contributed by atoms with Gasteiger partial charge in [0.15, 0.2) is 6.61 Å². The van der Waals surface area contributed by atoms with Gasteiger partial charge >= 0.3 is 11.9 Å². The van der Waals surface area contributed by atoms with Crippen LogP contribution in [0, 0.1) is 0 Å². The second-order valence-electron chi connectivity index (χ2n) is 6.84. The average Bonchev–Trinajstić information content (AvgIpc) is 2.48. The third kappa shape index (κ3) is 6.01. The molecule has 25 heavy (non-hydrogen) atoms. The first-order valence-corrected chi connectivity index (χ1v) is 8.60. The Hall–Kier alpha value is -1.59. The van der Waals surface area contributed by atoms with Crippen molar-refractivity contribution in [2.45, 2.75) is 46.0 Å². The maximum Gasteiger partial charge on any atom is 0.349 e. The standard InChI is InChI=1S/C19H27NO4.ClH/c1-13(2)15-7-5-8-16(14(3)4)19(15)24-18(22)12-23-17(21)11-20-9-6-10-20;/h5,7-8,13-14H,6,9-12H2,1-4H3;1H. The lowest BCUT2D eigenvalue weighted by Crippen LogP contribution is -2.41. The van der Waals surface area contributed by atoms with Crippen LogP contribution in [-0.4, -0.2) is 43.1 Å². The molecule has 0 saturated carbocycles. The van der Waals surface area contributed by atoms with Crippen molar-refractivity contribution in [3.63, 3.8) is 0 Å². The van der Waals surface area contributed by atoms with Crippen molar-refractivity contribution < 1.29 is 19.1 Å². The van der Waals surface area contributed by atoms with E-state index in [1.54, 1.807) is 0 Å². The van der Waals surface area contributed by atoms with Crippen LogP contribution in [0.1, 0.15) is 57.1 Å². The van der Waals surface area contributed by atoms with Gasteiger partial charge in [0.1, 0.15) is 5.75 Å². The zero-order valence-electron chi connectivity index (χ0n) is 15.4. The molecule has 1 aromatic carbocycles. The third-order valence-corrected chi connectivity index (χ3v) is 4.19. The maximum absolute atomic E-state index is 12.1. The zero-order valence-corrected chi connectivity index (χ0v) is 16.2. The first-order chi connectivity index (χ1) is 11.4. The molecule has 5 nitrogen and oxygen atoms in total. The van der Waals surface area contributed by atoms with Gasteiger partial charge in [0, 0.05) is 0 Å². The Morgan fingerprint density at radius 1 is 1.04 bits per heavy atom. The van der Waals surface area contributed by atoms with Crippen LogP contribution in [0.2, 0.25) is 0 Å². The molecule has 1 saturated heterocycles. The molecule has 0 atom stereocenters. The number of nitrogens with zero attached hydrogens (tertiary/aromatic N) is 1. The van der Waals surface area contributed by atoms with Crippen molar-refractivity contribution in [1.29, 1.82) is 0 Å². The molecule has 1 heterocycles. The van der Waals surface area contributed by atoms with E-state index in [0.29, 0.717) is 5.75 Å². The van der Waals surface area contributed by atoms with Crippen LogP contribution in [0.4, 0.5) is 0 Å². The first-order valence-electron chi connectivity index (χ1n) is 8.60. The Balaban J connectivity index is 0.00000312. The van der Waals surface area contributed by atoms with Gasteiger partial charge in [0.2, 0.25) is 0 Å². The molecule has 1 aromatic rings. The summed E-state index contributed by atoms with van der Waals surface area (Å²) in [5.41, 5.74) is 1.97. The quantitative estimate of drug-likeness (QED) is 0.543. The number of hydrogen-bond acceptors (Lipinski definition) is 5. The number of likely N-dealkylation sites (tertiary alicyclic amines) is 1. The maximum atomic E-state index is 12.1. The number of para-hydroxylation sites is 1. The second kappa shape index (κ2) is 9.78. The molecular formula is C19H28ClNO4. The molecular weight excluding hydrogens is 342 g/mol. The highest BCUT2D eigenvalue weighted by Crippen LogP contribution is 2.34. The van der Waals surface area contributed by atoms with E-state index < -0.39 is 5.97 Å². The molecule has 0 bridgehead atoms. The normalized spacial score (nSPS) is 14.0. The van der Waals surface area contributed by atoms with Crippen LogP contribution in [0.15, 0.2) is 18.2 Å². The van der Waals surface area contributed by atoms with Crippen molar-refractivity contribution in [2.75, 3.05) is 26.2 Å². The highest BCUT2D eigenvalue weighted by molar-refractivity contribution is 5.85. The van der Waals surface area contributed by atoms with Crippen LogP contribution >= 0.6 is 12.4 Å². The van der Waals surface area contributed by atoms with Crippen molar-refractivity contribution >= 4 is 24.3 Å². The lowest BCUT2D eigenvalue weighted by Gasteiger charge is -2.29. The molecule has 2 rings (SSSR count). The van der Waals surface area contributed by atoms with Crippen LogP contribution in [0.3, 0.4) is 0 Å². The van der Waals surface area contributed by atoms with E-state index in [2.05, 4.69) is 27.7 Å². The molecule has 140 valence electrons. The van der Waals surface area contributed by atoms with Gasteiger partial charge in [-0.2, -0.15) is 0 Å². The monoisotopic (exact) mass is 369 g/mol. The van der Waals surface area contributed by atoms with E-state index in [0.717, 1.165) is 30.6 Å². The lowest BCUT2D eigenvalue weighted by atomic mass is 9.94. The minimum atomic E-state index is -0.540. The number of esters is 2. The van der Waals surface area contributed by atoms with Crippen LogP contribution in [0.25, 0.3) is 0 Å². The van der Waals surface area contributed by atoms with E-state index in [4.69, 9.17) is 9.47 Å². The van der Waals surface area contributed by atoms with E-state index in [1.807, 2.05) is 23.1 Å². The molecule has 0 radical (unpaired) electrons.